The minimum absolute atomic E-state index is 0.0126. The van der Waals surface area contributed by atoms with Crippen molar-refractivity contribution in [3.05, 3.63) is 54.4 Å². The summed E-state index contributed by atoms with van der Waals surface area (Å²) >= 11 is 0. The van der Waals surface area contributed by atoms with Crippen molar-refractivity contribution < 1.29 is 10.4 Å². The second-order valence-electron chi connectivity index (χ2n) is 3.21. The molecule has 0 spiro atoms. The van der Waals surface area contributed by atoms with Crippen molar-refractivity contribution in [3.63, 3.8) is 0 Å². The van der Waals surface area contributed by atoms with E-state index < -0.39 is 0 Å². The van der Waals surface area contributed by atoms with Gasteiger partial charge in [-0.15, -0.1) is 0 Å². The number of rotatable bonds is 3. The van der Waals surface area contributed by atoms with Crippen LogP contribution >= 0.6 is 0 Å². The Kier molecular flexibility index (Phi) is 3.55. The maximum Gasteiger partial charge on any atom is 0.159 e. The van der Waals surface area contributed by atoms with Gasteiger partial charge in [0.1, 0.15) is 6.33 Å². The van der Waals surface area contributed by atoms with Crippen LogP contribution in [0.2, 0.25) is 0 Å². The van der Waals surface area contributed by atoms with Crippen LogP contribution in [-0.2, 0) is 0 Å². The fourth-order valence-electron chi connectivity index (χ4n) is 1.37. The second kappa shape index (κ2) is 5.48. The van der Waals surface area contributed by atoms with Gasteiger partial charge in [0.2, 0.25) is 0 Å². The summed E-state index contributed by atoms with van der Waals surface area (Å²) < 4.78 is 0. The number of hydrogen-bond acceptors (Lipinski definition) is 7. The fourth-order valence-corrected chi connectivity index (χ4v) is 1.37. The van der Waals surface area contributed by atoms with Gasteiger partial charge < -0.3 is 10.4 Å². The van der Waals surface area contributed by atoms with Gasteiger partial charge in [-0.2, -0.15) is 0 Å². The Balaban J connectivity index is 2.45. The van der Waals surface area contributed by atoms with Crippen molar-refractivity contribution >= 4 is 11.4 Å². The number of oxime groups is 2. The first kappa shape index (κ1) is 11.6. The third-order valence-corrected chi connectivity index (χ3v) is 2.16. The molecule has 0 aliphatic carbocycles. The highest BCUT2D eigenvalue weighted by Crippen LogP contribution is 2.05. The van der Waals surface area contributed by atoms with Crippen LogP contribution < -0.4 is 0 Å². The Morgan fingerprint density at radius 3 is 2.11 bits per heavy atom. The van der Waals surface area contributed by atoms with Crippen LogP contribution in [0.4, 0.5) is 0 Å². The molecule has 2 N–H and O–H groups in total. The van der Waals surface area contributed by atoms with Crippen LogP contribution in [0.15, 0.2) is 53.3 Å². The molecule has 2 aromatic heterocycles. The lowest BCUT2D eigenvalue weighted by Crippen LogP contribution is -2.19. The number of nitrogens with zero attached hydrogens (tertiary/aromatic N) is 5. The summed E-state index contributed by atoms with van der Waals surface area (Å²) in [6.45, 7) is 0. The molecule has 18 heavy (non-hydrogen) atoms. The maximum absolute atomic E-state index is 9.05. The summed E-state index contributed by atoms with van der Waals surface area (Å²) in [6.07, 6.45) is 4.32. The highest BCUT2D eigenvalue weighted by atomic mass is 16.4. The molecule has 0 aromatic carbocycles. The first-order valence-corrected chi connectivity index (χ1v) is 4.99. The molecule has 0 amide bonds. The minimum Gasteiger partial charge on any atom is -0.410 e. The van der Waals surface area contributed by atoms with E-state index in [1.165, 1.54) is 24.8 Å². The van der Waals surface area contributed by atoms with Crippen molar-refractivity contribution in [2.45, 2.75) is 0 Å². The molecule has 0 atom stereocenters. The Labute approximate surface area is 102 Å². The second-order valence-corrected chi connectivity index (χ2v) is 3.21. The summed E-state index contributed by atoms with van der Waals surface area (Å²) in [5.41, 5.74) is 0.729. The quantitative estimate of drug-likeness (QED) is 0.474. The molecule has 0 saturated heterocycles. The fraction of sp³-hybridized carbons (Fsp3) is 0. The van der Waals surface area contributed by atoms with E-state index in [2.05, 4.69) is 25.3 Å². The van der Waals surface area contributed by atoms with E-state index in [9.17, 15) is 0 Å². The summed E-state index contributed by atoms with van der Waals surface area (Å²) in [6, 6.07) is 6.60. The molecule has 2 rings (SSSR count). The van der Waals surface area contributed by atoms with E-state index in [0.29, 0.717) is 11.4 Å². The maximum atomic E-state index is 9.05. The molecule has 2 heterocycles. The van der Waals surface area contributed by atoms with E-state index in [1.54, 1.807) is 18.2 Å². The first-order chi connectivity index (χ1) is 8.86. The molecule has 0 aliphatic rings. The van der Waals surface area contributed by atoms with Gasteiger partial charge in [0, 0.05) is 12.4 Å². The van der Waals surface area contributed by atoms with Crippen LogP contribution in [0, 0.1) is 0 Å². The van der Waals surface area contributed by atoms with Crippen molar-refractivity contribution in [2.75, 3.05) is 0 Å². The molecular weight excluding hydrogens is 234 g/mol. The highest BCUT2D eigenvalue weighted by molar-refractivity contribution is 6.52. The Bertz CT molecular complexity index is 515. The number of hydrogen-bond donors (Lipinski definition) is 2. The molecular formula is C11H9N5O2. The predicted octanol–water partition coefficient (Wildman–Crippen LogP) is 0.928. The summed E-state index contributed by atoms with van der Waals surface area (Å²) in [5, 5.41) is 24.3. The summed E-state index contributed by atoms with van der Waals surface area (Å²) in [7, 11) is 0. The summed E-state index contributed by atoms with van der Waals surface area (Å²) in [5.74, 6) is 0. The Hall–Kier alpha value is -2.83. The summed E-state index contributed by atoms with van der Waals surface area (Å²) in [4.78, 5) is 11.7. The van der Waals surface area contributed by atoms with E-state index in [-0.39, 0.29) is 11.4 Å². The zero-order valence-corrected chi connectivity index (χ0v) is 9.17. The molecule has 0 unspecified atom stereocenters. The van der Waals surface area contributed by atoms with E-state index in [1.807, 2.05) is 0 Å². The lowest BCUT2D eigenvalue weighted by molar-refractivity contribution is 0.314. The predicted molar refractivity (Wildman–Crippen MR) is 62.9 cm³/mol. The Morgan fingerprint density at radius 2 is 1.61 bits per heavy atom. The highest BCUT2D eigenvalue weighted by Gasteiger charge is 2.17. The molecule has 0 aliphatic heterocycles. The van der Waals surface area contributed by atoms with Gasteiger partial charge in [-0.3, -0.25) is 4.98 Å². The van der Waals surface area contributed by atoms with Gasteiger partial charge in [0.05, 0.1) is 11.4 Å². The van der Waals surface area contributed by atoms with Crippen LogP contribution in [0.25, 0.3) is 0 Å². The van der Waals surface area contributed by atoms with E-state index >= 15 is 0 Å². The van der Waals surface area contributed by atoms with E-state index in [0.717, 1.165) is 0 Å². The Morgan fingerprint density at radius 1 is 0.889 bits per heavy atom. The lowest BCUT2D eigenvalue weighted by Gasteiger charge is -2.04. The van der Waals surface area contributed by atoms with Crippen molar-refractivity contribution in [3.8, 4) is 0 Å². The van der Waals surface area contributed by atoms with Crippen LogP contribution in [0.1, 0.15) is 11.4 Å². The van der Waals surface area contributed by atoms with Gasteiger partial charge >= 0.3 is 0 Å². The van der Waals surface area contributed by atoms with Gasteiger partial charge in [-0.25, -0.2) is 9.97 Å². The molecule has 0 radical (unpaired) electrons. The molecule has 7 nitrogen and oxygen atoms in total. The number of pyridine rings is 1. The first-order valence-electron chi connectivity index (χ1n) is 4.99. The van der Waals surface area contributed by atoms with E-state index in [4.69, 9.17) is 10.4 Å². The van der Waals surface area contributed by atoms with Crippen molar-refractivity contribution in [1.29, 1.82) is 0 Å². The van der Waals surface area contributed by atoms with Crippen LogP contribution in [0.3, 0.4) is 0 Å². The largest absolute Gasteiger partial charge is 0.410 e. The topological polar surface area (TPSA) is 104 Å². The minimum atomic E-state index is 0.0126. The smallest absolute Gasteiger partial charge is 0.159 e. The molecule has 0 fully saturated rings. The van der Waals surface area contributed by atoms with Gasteiger partial charge in [-0.1, -0.05) is 16.4 Å². The molecule has 7 heteroatoms. The average molecular weight is 243 g/mol. The zero-order chi connectivity index (χ0) is 12.8. The van der Waals surface area contributed by atoms with Gasteiger partial charge in [0.15, 0.2) is 11.4 Å². The normalized spacial score (nSPS) is 12.4. The third kappa shape index (κ3) is 2.29. The molecule has 90 valence electrons. The van der Waals surface area contributed by atoms with Crippen molar-refractivity contribution in [1.82, 2.24) is 15.0 Å². The molecule has 0 saturated carbocycles. The number of aromatic nitrogens is 3. The average Bonchev–Trinajstić information content (AvgIpc) is 2.46. The van der Waals surface area contributed by atoms with Gasteiger partial charge in [-0.05, 0) is 18.2 Å². The zero-order valence-electron chi connectivity index (χ0n) is 9.17. The monoisotopic (exact) mass is 243 g/mol. The SMILES string of the molecule is ON=C(C(=NO)c1ccncn1)c1ccccn1. The third-order valence-electron chi connectivity index (χ3n) is 2.16. The van der Waals surface area contributed by atoms with Crippen LogP contribution in [-0.4, -0.2) is 36.8 Å². The standard InChI is InChI=1S/C11H9N5O2/c17-15-10(8-3-1-2-5-13-8)11(16-18)9-4-6-12-7-14-9/h1-7,17-18H. The lowest BCUT2D eigenvalue weighted by atomic mass is 10.1. The van der Waals surface area contributed by atoms with Gasteiger partial charge in [0.25, 0.3) is 0 Å². The van der Waals surface area contributed by atoms with Crippen molar-refractivity contribution in [2.24, 2.45) is 10.3 Å². The molecule has 0 bridgehead atoms. The molecule has 2 aromatic rings. The van der Waals surface area contributed by atoms with Crippen LogP contribution in [0.5, 0.6) is 0 Å².